The third kappa shape index (κ3) is 4.84. The van der Waals surface area contributed by atoms with Crippen LogP contribution in [0.4, 0.5) is 5.82 Å². The molecular formula is C24H25Cl2N7O2. The number of nitrogens with two attached hydrogens (primary N) is 1. The molecule has 1 aliphatic rings. The molecule has 2 atom stereocenters. The number of methoxy groups -OCH3 is 1. The summed E-state index contributed by atoms with van der Waals surface area (Å²) in [5.41, 5.74) is 8.31. The summed E-state index contributed by atoms with van der Waals surface area (Å²) >= 11 is 12.4. The number of hydrogen-bond donors (Lipinski definition) is 1. The molecule has 9 nitrogen and oxygen atoms in total. The second kappa shape index (κ2) is 9.85. The number of benzene rings is 1. The number of hydrogen-bond acceptors (Lipinski definition) is 8. The van der Waals surface area contributed by atoms with Crippen LogP contribution < -0.4 is 20.1 Å². The van der Waals surface area contributed by atoms with E-state index in [-0.39, 0.29) is 28.1 Å². The highest BCUT2D eigenvalue weighted by Crippen LogP contribution is 2.35. The fraction of sp³-hybridized carbons (Fsp3) is 0.333. The van der Waals surface area contributed by atoms with Crippen LogP contribution in [0.5, 0.6) is 17.4 Å². The van der Waals surface area contributed by atoms with Gasteiger partial charge in [0.15, 0.2) is 22.1 Å². The van der Waals surface area contributed by atoms with Gasteiger partial charge in [0.1, 0.15) is 16.6 Å². The van der Waals surface area contributed by atoms with E-state index < -0.39 is 0 Å². The summed E-state index contributed by atoms with van der Waals surface area (Å²) in [6.45, 7) is 3.44. The van der Waals surface area contributed by atoms with Crippen LogP contribution >= 0.6 is 23.2 Å². The van der Waals surface area contributed by atoms with E-state index in [0.717, 1.165) is 36.5 Å². The Hall–Kier alpha value is -3.14. The third-order valence-electron chi connectivity index (χ3n) is 6.12. The first-order valence-corrected chi connectivity index (χ1v) is 12.0. The predicted octanol–water partition coefficient (Wildman–Crippen LogP) is 4.69. The maximum atomic E-state index is 6.30. The van der Waals surface area contributed by atoms with Crippen molar-refractivity contribution in [2.45, 2.75) is 38.4 Å². The zero-order valence-corrected chi connectivity index (χ0v) is 20.9. The Kier molecular flexibility index (Phi) is 6.64. The van der Waals surface area contributed by atoms with Gasteiger partial charge >= 0.3 is 0 Å². The monoisotopic (exact) mass is 513 g/mol. The summed E-state index contributed by atoms with van der Waals surface area (Å²) in [5.74, 6) is 2.19. The van der Waals surface area contributed by atoms with Gasteiger partial charge in [-0.15, -0.1) is 5.10 Å². The summed E-state index contributed by atoms with van der Waals surface area (Å²) in [4.78, 5) is 15.9. The van der Waals surface area contributed by atoms with Crippen molar-refractivity contribution in [3.8, 4) is 17.4 Å². The molecule has 1 aliphatic heterocycles. The normalized spacial score (nSPS) is 18.1. The SMILES string of the molecule is COc1ccc(Cn2nc(Oc3ccnc(Cl)c3Cl)c3ncc(N4CC[C@@H](N)C[C@@H]4C)nc32)cc1. The van der Waals surface area contributed by atoms with E-state index >= 15 is 0 Å². The molecule has 0 amide bonds. The molecule has 4 aromatic rings. The Balaban J connectivity index is 1.55. The zero-order valence-electron chi connectivity index (χ0n) is 19.4. The van der Waals surface area contributed by atoms with Crippen LogP contribution in [0.15, 0.2) is 42.7 Å². The summed E-state index contributed by atoms with van der Waals surface area (Å²) in [6, 6.07) is 9.88. The first-order valence-electron chi connectivity index (χ1n) is 11.3. The second-order valence-corrected chi connectivity index (χ2v) is 9.29. The van der Waals surface area contributed by atoms with Crippen LogP contribution in [0.3, 0.4) is 0 Å². The van der Waals surface area contributed by atoms with E-state index in [1.54, 1.807) is 24.1 Å². The third-order valence-corrected chi connectivity index (χ3v) is 6.87. The van der Waals surface area contributed by atoms with Crippen LogP contribution in [0, 0.1) is 0 Å². The molecule has 4 heterocycles. The first-order chi connectivity index (χ1) is 16.9. The molecule has 0 spiro atoms. The van der Waals surface area contributed by atoms with E-state index in [9.17, 15) is 0 Å². The Bertz CT molecular complexity index is 1350. The molecule has 182 valence electrons. The standard InChI is InChI=1S/C24H25Cl2N7O2/c1-14-11-16(27)8-10-32(14)19-12-29-21-23(30-19)33(13-15-3-5-17(34-2)6-4-15)31-24(21)35-18-7-9-28-22(26)20(18)25/h3-7,9,12,14,16H,8,10-11,13,27H2,1-2H3/t14-,16+/m0/s1. The van der Waals surface area contributed by atoms with E-state index in [1.165, 1.54) is 6.20 Å². The molecule has 1 saturated heterocycles. The lowest BCUT2D eigenvalue weighted by molar-refractivity contribution is 0.414. The van der Waals surface area contributed by atoms with Gasteiger partial charge in [-0.25, -0.2) is 19.6 Å². The van der Waals surface area contributed by atoms with Gasteiger partial charge in [0.05, 0.1) is 19.9 Å². The van der Waals surface area contributed by atoms with Crippen molar-refractivity contribution in [1.29, 1.82) is 0 Å². The van der Waals surface area contributed by atoms with Crippen molar-refractivity contribution in [3.63, 3.8) is 0 Å². The van der Waals surface area contributed by atoms with Gasteiger partial charge in [0, 0.05) is 30.9 Å². The molecule has 3 aromatic heterocycles. The molecule has 0 saturated carbocycles. The molecule has 35 heavy (non-hydrogen) atoms. The molecule has 0 bridgehead atoms. The molecule has 1 aromatic carbocycles. The quantitative estimate of drug-likeness (QED) is 0.370. The van der Waals surface area contributed by atoms with Crippen LogP contribution in [-0.2, 0) is 6.54 Å². The molecule has 11 heteroatoms. The van der Waals surface area contributed by atoms with Gasteiger partial charge in [-0.05, 0) is 37.5 Å². The van der Waals surface area contributed by atoms with Crippen molar-refractivity contribution in [1.82, 2.24) is 24.7 Å². The number of halogens is 2. The fourth-order valence-electron chi connectivity index (χ4n) is 4.26. The summed E-state index contributed by atoms with van der Waals surface area (Å²) in [5, 5.41) is 5.04. The van der Waals surface area contributed by atoms with E-state index in [0.29, 0.717) is 23.5 Å². The molecule has 0 unspecified atom stereocenters. The highest BCUT2D eigenvalue weighted by Gasteiger charge is 2.26. The van der Waals surface area contributed by atoms with Gasteiger partial charge in [-0.1, -0.05) is 35.3 Å². The second-order valence-electron chi connectivity index (χ2n) is 8.55. The number of piperidine rings is 1. The summed E-state index contributed by atoms with van der Waals surface area (Å²) < 4.78 is 13.1. The smallest absolute Gasteiger partial charge is 0.266 e. The number of pyridine rings is 1. The number of ether oxygens (including phenoxy) is 2. The predicted molar refractivity (Wildman–Crippen MR) is 136 cm³/mol. The maximum Gasteiger partial charge on any atom is 0.266 e. The van der Waals surface area contributed by atoms with Crippen molar-refractivity contribution in [2.75, 3.05) is 18.6 Å². The average Bonchev–Trinajstić information content (AvgIpc) is 3.18. The average molecular weight is 514 g/mol. The molecule has 2 N–H and O–H groups in total. The van der Waals surface area contributed by atoms with Crippen molar-refractivity contribution in [2.24, 2.45) is 5.73 Å². The lowest BCUT2D eigenvalue weighted by atomic mass is 9.99. The Labute approximate surface area is 212 Å². The molecule has 0 radical (unpaired) electrons. The van der Waals surface area contributed by atoms with Crippen LogP contribution in [0.25, 0.3) is 11.2 Å². The van der Waals surface area contributed by atoms with Crippen molar-refractivity contribution in [3.05, 3.63) is 58.5 Å². The Morgan fingerprint density at radius 3 is 2.69 bits per heavy atom. The maximum absolute atomic E-state index is 6.30. The van der Waals surface area contributed by atoms with Crippen molar-refractivity contribution >= 4 is 40.2 Å². The van der Waals surface area contributed by atoms with E-state index in [1.807, 2.05) is 24.3 Å². The molecule has 5 rings (SSSR count). The van der Waals surface area contributed by atoms with Gasteiger partial charge in [0.25, 0.3) is 5.88 Å². The van der Waals surface area contributed by atoms with Crippen LogP contribution in [-0.4, -0.2) is 50.5 Å². The zero-order chi connectivity index (χ0) is 24.5. The molecular weight excluding hydrogens is 489 g/mol. The Morgan fingerprint density at radius 1 is 1.14 bits per heavy atom. The number of anilines is 1. The minimum Gasteiger partial charge on any atom is -0.497 e. The highest BCUT2D eigenvalue weighted by atomic mass is 35.5. The van der Waals surface area contributed by atoms with E-state index in [4.69, 9.17) is 48.4 Å². The number of nitrogens with zero attached hydrogens (tertiary/aromatic N) is 6. The van der Waals surface area contributed by atoms with Gasteiger partial charge < -0.3 is 20.1 Å². The van der Waals surface area contributed by atoms with Gasteiger partial charge in [-0.3, -0.25) is 0 Å². The summed E-state index contributed by atoms with van der Waals surface area (Å²) in [6.07, 6.45) is 5.08. The Morgan fingerprint density at radius 2 is 1.94 bits per heavy atom. The lowest BCUT2D eigenvalue weighted by Crippen LogP contribution is -2.46. The summed E-state index contributed by atoms with van der Waals surface area (Å²) in [7, 11) is 1.64. The van der Waals surface area contributed by atoms with Crippen LogP contribution in [0.1, 0.15) is 25.3 Å². The van der Waals surface area contributed by atoms with E-state index in [2.05, 4.69) is 21.9 Å². The van der Waals surface area contributed by atoms with Gasteiger partial charge in [0.2, 0.25) is 0 Å². The fourth-order valence-corrected chi connectivity index (χ4v) is 4.56. The molecule has 0 aliphatic carbocycles. The minimum atomic E-state index is 0.150. The highest BCUT2D eigenvalue weighted by molar-refractivity contribution is 6.42. The number of rotatable bonds is 6. The van der Waals surface area contributed by atoms with Crippen LogP contribution in [0.2, 0.25) is 10.2 Å². The van der Waals surface area contributed by atoms with Crippen molar-refractivity contribution < 1.29 is 9.47 Å². The largest absolute Gasteiger partial charge is 0.497 e. The number of fused-ring (bicyclic) bond motifs is 1. The van der Waals surface area contributed by atoms with Gasteiger partial charge in [-0.2, -0.15) is 0 Å². The topological polar surface area (TPSA) is 104 Å². The lowest BCUT2D eigenvalue weighted by Gasteiger charge is -2.37. The first kappa shape index (κ1) is 23.6. The minimum absolute atomic E-state index is 0.150. The number of aromatic nitrogens is 5. The molecule has 1 fully saturated rings.